The first-order valence-electron chi connectivity index (χ1n) is 8.61. The van der Waals surface area contributed by atoms with Gasteiger partial charge in [0.25, 0.3) is 17.4 Å². The number of rotatable bonds is 6. The van der Waals surface area contributed by atoms with Crippen LogP contribution in [0.25, 0.3) is 11.4 Å². The van der Waals surface area contributed by atoms with Crippen LogP contribution in [0.4, 0.5) is 5.95 Å². The number of carbonyl (C=O) groups excluding carboxylic acids is 1. The third-order valence-corrected chi connectivity index (χ3v) is 3.92. The number of nitrogens with one attached hydrogen (secondary N) is 3. The molecule has 0 fully saturated rings. The molecular formula is C19H15N7O3. The van der Waals surface area contributed by atoms with Crippen LogP contribution in [0.1, 0.15) is 16.1 Å². The van der Waals surface area contributed by atoms with Gasteiger partial charge in [-0.05, 0) is 35.0 Å². The number of aromatic amines is 2. The predicted molar refractivity (Wildman–Crippen MR) is 103 cm³/mol. The van der Waals surface area contributed by atoms with Gasteiger partial charge in [-0.3, -0.25) is 14.9 Å². The monoisotopic (exact) mass is 389 g/mol. The van der Waals surface area contributed by atoms with Gasteiger partial charge in [-0.2, -0.15) is 5.21 Å². The SMILES string of the molecule is O=C(Nc1nn[nH]n1)c1cc(=O)[nH]c(-c2ccc(OCc3ccccc3)cc2)n1. The molecule has 3 N–H and O–H groups in total. The average Bonchev–Trinajstić information content (AvgIpc) is 3.26. The second-order valence-corrected chi connectivity index (χ2v) is 5.97. The summed E-state index contributed by atoms with van der Waals surface area (Å²) in [5, 5.41) is 15.2. The van der Waals surface area contributed by atoms with E-state index in [4.69, 9.17) is 4.74 Å². The van der Waals surface area contributed by atoms with Crippen LogP contribution in [-0.2, 0) is 6.61 Å². The molecule has 29 heavy (non-hydrogen) atoms. The Labute approximate surface area is 164 Å². The smallest absolute Gasteiger partial charge is 0.276 e. The lowest BCUT2D eigenvalue weighted by Crippen LogP contribution is -2.19. The molecular weight excluding hydrogens is 374 g/mol. The van der Waals surface area contributed by atoms with E-state index in [1.54, 1.807) is 24.3 Å². The summed E-state index contributed by atoms with van der Waals surface area (Å²) in [5.41, 5.74) is 1.15. The van der Waals surface area contributed by atoms with Crippen molar-refractivity contribution in [2.75, 3.05) is 5.32 Å². The van der Waals surface area contributed by atoms with E-state index < -0.39 is 11.5 Å². The third kappa shape index (κ3) is 4.50. The molecule has 2 aromatic carbocycles. The lowest BCUT2D eigenvalue weighted by Gasteiger charge is -2.08. The maximum atomic E-state index is 12.3. The Balaban J connectivity index is 1.49. The van der Waals surface area contributed by atoms with Crippen LogP contribution >= 0.6 is 0 Å². The van der Waals surface area contributed by atoms with Gasteiger partial charge in [-0.1, -0.05) is 35.4 Å². The molecule has 0 bridgehead atoms. The number of amides is 1. The molecule has 4 aromatic rings. The molecule has 0 unspecified atom stereocenters. The first-order valence-corrected chi connectivity index (χ1v) is 8.61. The molecule has 4 rings (SSSR count). The zero-order chi connectivity index (χ0) is 20.1. The molecule has 144 valence electrons. The van der Waals surface area contributed by atoms with Gasteiger partial charge in [0.2, 0.25) is 0 Å². The minimum Gasteiger partial charge on any atom is -0.489 e. The van der Waals surface area contributed by atoms with Crippen molar-refractivity contribution >= 4 is 11.9 Å². The minimum absolute atomic E-state index is 0.0152. The van der Waals surface area contributed by atoms with E-state index in [1.165, 1.54) is 0 Å². The van der Waals surface area contributed by atoms with E-state index in [9.17, 15) is 9.59 Å². The molecule has 0 atom stereocenters. The summed E-state index contributed by atoms with van der Waals surface area (Å²) in [6.45, 7) is 0.445. The first kappa shape index (κ1) is 18.0. The molecule has 0 aliphatic carbocycles. The Morgan fingerprint density at radius 2 is 1.86 bits per heavy atom. The topological polar surface area (TPSA) is 139 Å². The summed E-state index contributed by atoms with van der Waals surface area (Å²) in [7, 11) is 0. The summed E-state index contributed by atoms with van der Waals surface area (Å²) in [5.74, 6) is 0.288. The number of benzene rings is 2. The Bertz CT molecular complexity index is 1160. The standard InChI is InChI=1S/C19H15N7O3/c27-16-10-15(18(28)22-19-23-25-26-24-19)20-17(21-16)13-6-8-14(9-7-13)29-11-12-4-2-1-3-5-12/h1-10H,11H2,(H,20,21,27)(H2,22,23,24,25,26,28). The molecule has 2 aromatic heterocycles. The zero-order valence-corrected chi connectivity index (χ0v) is 15.0. The number of aromatic nitrogens is 6. The van der Waals surface area contributed by atoms with E-state index >= 15 is 0 Å². The molecule has 0 saturated carbocycles. The fourth-order valence-electron chi connectivity index (χ4n) is 2.54. The lowest BCUT2D eigenvalue weighted by molar-refractivity contribution is 0.102. The molecule has 0 aliphatic rings. The molecule has 0 spiro atoms. The van der Waals surface area contributed by atoms with Gasteiger partial charge in [0.15, 0.2) is 0 Å². The lowest BCUT2D eigenvalue weighted by atomic mass is 10.2. The van der Waals surface area contributed by atoms with E-state index in [0.717, 1.165) is 11.6 Å². The van der Waals surface area contributed by atoms with Crippen LogP contribution in [-0.4, -0.2) is 36.5 Å². The second kappa shape index (κ2) is 8.13. The predicted octanol–water partition coefficient (Wildman–Crippen LogP) is 1.78. The molecule has 10 heteroatoms. The Morgan fingerprint density at radius 3 is 2.59 bits per heavy atom. The molecule has 10 nitrogen and oxygen atoms in total. The summed E-state index contributed by atoms with van der Waals surface area (Å²) < 4.78 is 5.75. The van der Waals surface area contributed by atoms with Crippen LogP contribution in [0.15, 0.2) is 65.5 Å². The highest BCUT2D eigenvalue weighted by Crippen LogP contribution is 2.20. The molecule has 0 aliphatic heterocycles. The van der Waals surface area contributed by atoms with E-state index in [2.05, 4.69) is 35.9 Å². The van der Waals surface area contributed by atoms with Crippen molar-refractivity contribution < 1.29 is 9.53 Å². The van der Waals surface area contributed by atoms with Crippen molar-refractivity contribution in [2.45, 2.75) is 6.61 Å². The first-order chi connectivity index (χ1) is 14.2. The highest BCUT2D eigenvalue weighted by Gasteiger charge is 2.13. The highest BCUT2D eigenvalue weighted by atomic mass is 16.5. The summed E-state index contributed by atoms with van der Waals surface area (Å²) in [6.07, 6.45) is 0. The van der Waals surface area contributed by atoms with Gasteiger partial charge in [0.05, 0.1) is 0 Å². The zero-order valence-electron chi connectivity index (χ0n) is 15.0. The van der Waals surface area contributed by atoms with Crippen molar-refractivity contribution in [1.82, 2.24) is 30.6 Å². The van der Waals surface area contributed by atoms with Crippen molar-refractivity contribution in [3.05, 3.63) is 82.3 Å². The summed E-state index contributed by atoms with van der Waals surface area (Å²) in [4.78, 5) is 31.1. The maximum absolute atomic E-state index is 12.3. The molecule has 1 amide bonds. The Kier molecular flexibility index (Phi) is 5.06. The van der Waals surface area contributed by atoms with Gasteiger partial charge in [0, 0.05) is 11.6 Å². The molecule has 0 radical (unpaired) electrons. The van der Waals surface area contributed by atoms with Crippen molar-refractivity contribution in [3.63, 3.8) is 0 Å². The number of anilines is 1. The fraction of sp³-hybridized carbons (Fsp3) is 0.0526. The van der Waals surface area contributed by atoms with Gasteiger partial charge >= 0.3 is 0 Å². The third-order valence-electron chi connectivity index (χ3n) is 3.92. The Morgan fingerprint density at radius 1 is 1.07 bits per heavy atom. The largest absolute Gasteiger partial charge is 0.489 e. The molecule has 2 heterocycles. The number of ether oxygens (including phenoxy) is 1. The fourth-order valence-corrected chi connectivity index (χ4v) is 2.54. The van der Waals surface area contributed by atoms with Crippen LogP contribution in [0, 0.1) is 0 Å². The number of hydrogen-bond donors (Lipinski definition) is 3. The number of hydrogen-bond acceptors (Lipinski definition) is 7. The van der Waals surface area contributed by atoms with E-state index in [0.29, 0.717) is 17.9 Å². The van der Waals surface area contributed by atoms with Crippen LogP contribution < -0.4 is 15.6 Å². The van der Waals surface area contributed by atoms with Crippen LogP contribution in [0.5, 0.6) is 5.75 Å². The van der Waals surface area contributed by atoms with E-state index in [-0.39, 0.29) is 17.5 Å². The van der Waals surface area contributed by atoms with Crippen LogP contribution in [0.2, 0.25) is 0 Å². The minimum atomic E-state index is -0.624. The normalized spacial score (nSPS) is 10.5. The number of tetrazole rings is 1. The van der Waals surface area contributed by atoms with E-state index in [1.807, 2.05) is 30.3 Å². The highest BCUT2D eigenvalue weighted by molar-refractivity contribution is 6.01. The average molecular weight is 389 g/mol. The summed E-state index contributed by atoms with van der Waals surface area (Å²) >= 11 is 0. The number of carbonyl (C=O) groups is 1. The van der Waals surface area contributed by atoms with Crippen molar-refractivity contribution in [3.8, 4) is 17.1 Å². The maximum Gasteiger partial charge on any atom is 0.276 e. The Hall–Kier alpha value is -4.34. The van der Waals surface area contributed by atoms with Gasteiger partial charge in [0.1, 0.15) is 23.9 Å². The number of nitrogens with zero attached hydrogens (tertiary/aromatic N) is 4. The molecule has 0 saturated heterocycles. The summed E-state index contributed by atoms with van der Waals surface area (Å²) in [6, 6.07) is 17.9. The quantitative estimate of drug-likeness (QED) is 0.457. The van der Waals surface area contributed by atoms with Crippen molar-refractivity contribution in [2.24, 2.45) is 0 Å². The van der Waals surface area contributed by atoms with Crippen LogP contribution in [0.3, 0.4) is 0 Å². The number of H-pyrrole nitrogens is 2. The van der Waals surface area contributed by atoms with Gasteiger partial charge < -0.3 is 9.72 Å². The van der Waals surface area contributed by atoms with Crippen molar-refractivity contribution in [1.29, 1.82) is 0 Å². The van der Waals surface area contributed by atoms with Gasteiger partial charge in [-0.25, -0.2) is 4.98 Å². The van der Waals surface area contributed by atoms with Gasteiger partial charge in [-0.15, -0.1) is 5.10 Å². The second-order valence-electron chi connectivity index (χ2n) is 5.97.